The van der Waals surface area contributed by atoms with Crippen molar-refractivity contribution in [2.75, 3.05) is 0 Å². The summed E-state index contributed by atoms with van der Waals surface area (Å²) in [5.41, 5.74) is 0.901. The normalized spacial score (nSPS) is 15.3. The standard InChI is InChI=1S/C11H19BrN2O/c1-4-8(3)6-10(15)11-9(12)7-13-14(11)5-2/h7-8,10,15H,4-6H2,1-3H3. The van der Waals surface area contributed by atoms with Gasteiger partial charge < -0.3 is 5.11 Å². The first kappa shape index (κ1) is 12.7. The van der Waals surface area contributed by atoms with Gasteiger partial charge in [-0.25, -0.2) is 0 Å². The molecule has 0 aliphatic heterocycles. The summed E-state index contributed by atoms with van der Waals surface area (Å²) >= 11 is 3.43. The average molecular weight is 275 g/mol. The van der Waals surface area contributed by atoms with Crippen LogP contribution in [0, 0.1) is 5.92 Å². The van der Waals surface area contributed by atoms with Crippen molar-refractivity contribution in [2.45, 2.75) is 46.3 Å². The summed E-state index contributed by atoms with van der Waals surface area (Å²) in [6, 6.07) is 0. The Morgan fingerprint density at radius 1 is 1.53 bits per heavy atom. The van der Waals surface area contributed by atoms with Crippen LogP contribution in [0.4, 0.5) is 0 Å². The molecule has 0 spiro atoms. The van der Waals surface area contributed by atoms with Gasteiger partial charge in [-0.15, -0.1) is 0 Å². The van der Waals surface area contributed by atoms with Crippen molar-refractivity contribution >= 4 is 15.9 Å². The van der Waals surface area contributed by atoms with E-state index in [9.17, 15) is 5.11 Å². The number of aromatic nitrogens is 2. The molecule has 0 aliphatic rings. The highest BCUT2D eigenvalue weighted by Gasteiger charge is 2.18. The summed E-state index contributed by atoms with van der Waals surface area (Å²) in [6.45, 7) is 7.12. The van der Waals surface area contributed by atoms with Crippen molar-refractivity contribution < 1.29 is 5.11 Å². The van der Waals surface area contributed by atoms with Gasteiger partial charge in [-0.3, -0.25) is 4.68 Å². The maximum absolute atomic E-state index is 10.1. The minimum Gasteiger partial charge on any atom is -0.387 e. The van der Waals surface area contributed by atoms with E-state index in [4.69, 9.17) is 0 Å². The zero-order valence-electron chi connectivity index (χ0n) is 9.57. The quantitative estimate of drug-likeness (QED) is 0.896. The second-order valence-corrected chi connectivity index (χ2v) is 4.81. The lowest BCUT2D eigenvalue weighted by Gasteiger charge is -2.16. The summed E-state index contributed by atoms with van der Waals surface area (Å²) in [7, 11) is 0. The third kappa shape index (κ3) is 3.05. The van der Waals surface area contributed by atoms with E-state index >= 15 is 0 Å². The predicted octanol–water partition coefficient (Wildman–Crippen LogP) is 3.14. The summed E-state index contributed by atoms with van der Waals surface area (Å²) in [5, 5.41) is 14.3. The number of aliphatic hydroxyl groups is 1. The van der Waals surface area contributed by atoms with Gasteiger partial charge in [-0.2, -0.15) is 5.10 Å². The Kier molecular flexibility index (Phi) is 4.80. The Morgan fingerprint density at radius 2 is 2.20 bits per heavy atom. The Balaban J connectivity index is 2.80. The third-order valence-corrected chi connectivity index (χ3v) is 3.38. The van der Waals surface area contributed by atoms with Crippen molar-refractivity contribution in [2.24, 2.45) is 5.92 Å². The number of nitrogens with zero attached hydrogens (tertiary/aromatic N) is 2. The van der Waals surface area contributed by atoms with Gasteiger partial charge in [0.25, 0.3) is 0 Å². The van der Waals surface area contributed by atoms with Crippen LogP contribution < -0.4 is 0 Å². The van der Waals surface area contributed by atoms with Crippen molar-refractivity contribution in [1.29, 1.82) is 0 Å². The van der Waals surface area contributed by atoms with E-state index in [1.165, 1.54) is 0 Å². The second-order valence-electron chi connectivity index (χ2n) is 3.96. The molecular formula is C11H19BrN2O. The topological polar surface area (TPSA) is 38.1 Å². The molecule has 0 aliphatic carbocycles. The van der Waals surface area contributed by atoms with E-state index < -0.39 is 6.10 Å². The average Bonchev–Trinajstić information content (AvgIpc) is 2.59. The molecule has 0 fully saturated rings. The molecule has 0 bridgehead atoms. The van der Waals surface area contributed by atoms with Crippen molar-refractivity contribution in [3.63, 3.8) is 0 Å². The van der Waals surface area contributed by atoms with E-state index in [0.717, 1.165) is 29.6 Å². The largest absolute Gasteiger partial charge is 0.387 e. The molecule has 1 heterocycles. The number of aryl methyl sites for hydroxylation is 1. The zero-order valence-corrected chi connectivity index (χ0v) is 11.2. The Bertz CT molecular complexity index is 312. The van der Waals surface area contributed by atoms with Crippen LogP contribution in [-0.4, -0.2) is 14.9 Å². The molecule has 0 radical (unpaired) electrons. The van der Waals surface area contributed by atoms with Crippen LogP contribution in [0.25, 0.3) is 0 Å². The van der Waals surface area contributed by atoms with Crippen LogP contribution in [0.15, 0.2) is 10.7 Å². The van der Waals surface area contributed by atoms with Gasteiger partial charge in [0.2, 0.25) is 0 Å². The van der Waals surface area contributed by atoms with E-state index in [-0.39, 0.29) is 0 Å². The fraction of sp³-hybridized carbons (Fsp3) is 0.727. The predicted molar refractivity (Wildman–Crippen MR) is 64.6 cm³/mol. The number of hydrogen-bond donors (Lipinski definition) is 1. The first-order chi connectivity index (χ1) is 7.10. The van der Waals surface area contributed by atoms with E-state index in [1.54, 1.807) is 6.20 Å². The maximum atomic E-state index is 10.1. The van der Waals surface area contributed by atoms with Crippen LogP contribution in [-0.2, 0) is 6.54 Å². The monoisotopic (exact) mass is 274 g/mol. The SMILES string of the molecule is CCC(C)CC(O)c1c(Br)cnn1CC. The number of rotatable bonds is 5. The fourth-order valence-corrected chi connectivity index (χ4v) is 2.18. The molecule has 1 rings (SSSR count). The highest BCUT2D eigenvalue weighted by Crippen LogP contribution is 2.28. The van der Waals surface area contributed by atoms with Crippen LogP contribution in [0.1, 0.15) is 45.4 Å². The van der Waals surface area contributed by atoms with Gasteiger partial charge in [-0.1, -0.05) is 20.3 Å². The molecule has 3 nitrogen and oxygen atoms in total. The van der Waals surface area contributed by atoms with E-state index in [0.29, 0.717) is 5.92 Å². The molecule has 2 unspecified atom stereocenters. The number of aliphatic hydroxyl groups excluding tert-OH is 1. The number of hydrogen-bond acceptors (Lipinski definition) is 2. The van der Waals surface area contributed by atoms with Crippen molar-refractivity contribution in [3.8, 4) is 0 Å². The van der Waals surface area contributed by atoms with Crippen molar-refractivity contribution in [3.05, 3.63) is 16.4 Å². The van der Waals surface area contributed by atoms with Gasteiger partial charge in [0.05, 0.1) is 22.5 Å². The molecular weight excluding hydrogens is 256 g/mol. The second kappa shape index (κ2) is 5.66. The minimum atomic E-state index is -0.420. The molecule has 0 saturated heterocycles. The number of halogens is 1. The lowest BCUT2D eigenvalue weighted by molar-refractivity contribution is 0.136. The lowest BCUT2D eigenvalue weighted by atomic mass is 9.99. The van der Waals surface area contributed by atoms with Gasteiger partial charge in [0.15, 0.2) is 0 Å². The summed E-state index contributed by atoms with van der Waals surface area (Å²) in [6.07, 6.45) is 3.21. The summed E-state index contributed by atoms with van der Waals surface area (Å²) < 4.78 is 2.75. The molecule has 0 saturated carbocycles. The third-order valence-electron chi connectivity index (χ3n) is 2.77. The van der Waals surface area contributed by atoms with Crippen LogP contribution in [0.3, 0.4) is 0 Å². The molecule has 1 aromatic rings. The maximum Gasteiger partial charge on any atom is 0.0970 e. The van der Waals surface area contributed by atoms with Crippen LogP contribution in [0.5, 0.6) is 0 Å². The first-order valence-electron chi connectivity index (χ1n) is 5.49. The molecule has 1 N–H and O–H groups in total. The van der Waals surface area contributed by atoms with Gasteiger partial charge in [0, 0.05) is 6.54 Å². The first-order valence-corrected chi connectivity index (χ1v) is 6.28. The molecule has 15 heavy (non-hydrogen) atoms. The highest BCUT2D eigenvalue weighted by molar-refractivity contribution is 9.10. The minimum absolute atomic E-state index is 0.420. The summed E-state index contributed by atoms with van der Waals surface area (Å²) in [5.74, 6) is 0.534. The molecule has 86 valence electrons. The smallest absolute Gasteiger partial charge is 0.0970 e. The van der Waals surface area contributed by atoms with E-state index in [1.807, 2.05) is 11.6 Å². The Hall–Kier alpha value is -0.350. The molecule has 0 aromatic carbocycles. The fourth-order valence-electron chi connectivity index (χ4n) is 1.61. The molecule has 4 heteroatoms. The van der Waals surface area contributed by atoms with Crippen LogP contribution >= 0.6 is 15.9 Å². The Morgan fingerprint density at radius 3 is 2.73 bits per heavy atom. The molecule has 1 aromatic heterocycles. The van der Waals surface area contributed by atoms with Gasteiger partial charge >= 0.3 is 0 Å². The van der Waals surface area contributed by atoms with Gasteiger partial charge in [0.1, 0.15) is 0 Å². The highest BCUT2D eigenvalue weighted by atomic mass is 79.9. The zero-order chi connectivity index (χ0) is 11.4. The molecule has 2 atom stereocenters. The van der Waals surface area contributed by atoms with E-state index in [2.05, 4.69) is 34.9 Å². The lowest BCUT2D eigenvalue weighted by Crippen LogP contribution is -2.11. The molecule has 0 amide bonds. The van der Waals surface area contributed by atoms with Crippen LogP contribution in [0.2, 0.25) is 0 Å². The Labute approximate surface area is 99.6 Å². The van der Waals surface area contributed by atoms with Gasteiger partial charge in [-0.05, 0) is 35.2 Å². The van der Waals surface area contributed by atoms with Crippen molar-refractivity contribution in [1.82, 2.24) is 9.78 Å². The summed E-state index contributed by atoms with van der Waals surface area (Å²) in [4.78, 5) is 0.